The molecule has 1 heterocycles. The molecule has 2 rings (SSSR count). The highest BCUT2D eigenvalue weighted by Gasteiger charge is 2.25. The zero-order valence-electron chi connectivity index (χ0n) is 14.1. The first-order valence-electron chi connectivity index (χ1n) is 8.36. The van der Waals surface area contributed by atoms with Crippen LogP contribution in [0.3, 0.4) is 0 Å². The predicted molar refractivity (Wildman–Crippen MR) is 90.8 cm³/mol. The number of fused-ring (bicyclic) bond motifs is 1. The summed E-state index contributed by atoms with van der Waals surface area (Å²) in [6.07, 6.45) is 6.30. The van der Waals surface area contributed by atoms with Crippen LogP contribution < -0.4 is 0 Å². The number of nitro groups is 1. The minimum absolute atomic E-state index is 0.0557. The summed E-state index contributed by atoms with van der Waals surface area (Å²) in [5.74, 6) is -0.320. The highest BCUT2D eigenvalue weighted by Crippen LogP contribution is 2.28. The fourth-order valence-corrected chi connectivity index (χ4v) is 2.81. The molecular weight excluding hydrogens is 310 g/mol. The quantitative estimate of drug-likeness (QED) is 0.299. The number of hydrogen-bond acceptors (Lipinski definition) is 5. The van der Waals surface area contributed by atoms with Crippen LogP contribution in [0.15, 0.2) is 24.5 Å². The van der Waals surface area contributed by atoms with Crippen molar-refractivity contribution in [3.05, 3.63) is 34.6 Å². The maximum absolute atomic E-state index is 12.4. The van der Waals surface area contributed by atoms with Gasteiger partial charge in [-0.3, -0.25) is 10.1 Å². The molecule has 0 saturated heterocycles. The molecule has 1 unspecified atom stereocenters. The number of para-hydroxylation sites is 1. The van der Waals surface area contributed by atoms with Crippen molar-refractivity contribution < 1.29 is 14.5 Å². The van der Waals surface area contributed by atoms with Crippen LogP contribution in [0, 0.1) is 10.1 Å². The van der Waals surface area contributed by atoms with Crippen molar-refractivity contribution in [2.45, 2.75) is 52.0 Å². The number of carbonyl (C=O) groups is 1. The number of rotatable bonds is 9. The fourth-order valence-electron chi connectivity index (χ4n) is 2.81. The average molecular weight is 333 g/mol. The van der Waals surface area contributed by atoms with Gasteiger partial charge in [0.15, 0.2) is 5.52 Å². The van der Waals surface area contributed by atoms with Crippen molar-refractivity contribution >= 4 is 22.7 Å². The smallest absolute Gasteiger partial charge is 0.329 e. The number of hydrogen-bond donors (Lipinski definition) is 0. The van der Waals surface area contributed by atoms with Gasteiger partial charge in [0.25, 0.3) is 5.69 Å². The third kappa shape index (κ3) is 3.90. The Kier molecular flexibility index (Phi) is 6.28. The average Bonchev–Trinajstić information content (AvgIpc) is 2.98. The molecule has 7 heteroatoms. The molecular formula is C17H23N3O4. The van der Waals surface area contributed by atoms with Crippen LogP contribution in [-0.2, 0) is 9.53 Å². The van der Waals surface area contributed by atoms with E-state index in [0.717, 1.165) is 25.7 Å². The molecule has 0 amide bonds. The topological polar surface area (TPSA) is 87.3 Å². The second-order valence-electron chi connectivity index (χ2n) is 5.67. The second kappa shape index (κ2) is 8.42. The number of esters is 1. The lowest BCUT2D eigenvalue weighted by Crippen LogP contribution is -2.21. The van der Waals surface area contributed by atoms with Gasteiger partial charge in [-0.25, -0.2) is 9.78 Å². The SMILES string of the molecule is CCCCCCC(C(=O)OCC)n1cnc2c([N+](=O)[O-])cccc21. The number of ether oxygens (including phenoxy) is 1. The summed E-state index contributed by atoms with van der Waals surface area (Å²) >= 11 is 0. The van der Waals surface area contributed by atoms with Gasteiger partial charge < -0.3 is 9.30 Å². The molecule has 0 bridgehead atoms. The Morgan fingerprint density at radius 2 is 2.12 bits per heavy atom. The Hall–Kier alpha value is -2.44. The number of imidazole rings is 1. The number of carbonyl (C=O) groups excluding carboxylic acids is 1. The molecule has 0 aliphatic heterocycles. The molecule has 0 N–H and O–H groups in total. The van der Waals surface area contributed by atoms with Gasteiger partial charge in [-0.05, 0) is 19.4 Å². The van der Waals surface area contributed by atoms with E-state index in [1.807, 2.05) is 0 Å². The Morgan fingerprint density at radius 1 is 1.33 bits per heavy atom. The zero-order valence-corrected chi connectivity index (χ0v) is 14.1. The van der Waals surface area contributed by atoms with E-state index in [9.17, 15) is 14.9 Å². The van der Waals surface area contributed by atoms with E-state index in [1.54, 1.807) is 23.6 Å². The summed E-state index contributed by atoms with van der Waals surface area (Å²) in [6.45, 7) is 4.20. The third-order valence-corrected chi connectivity index (χ3v) is 4.01. The van der Waals surface area contributed by atoms with Gasteiger partial charge in [-0.15, -0.1) is 0 Å². The largest absolute Gasteiger partial charge is 0.464 e. The lowest BCUT2D eigenvalue weighted by atomic mass is 10.1. The van der Waals surface area contributed by atoms with Crippen LogP contribution >= 0.6 is 0 Å². The maximum atomic E-state index is 12.4. The lowest BCUT2D eigenvalue weighted by molar-refractivity contribution is -0.383. The van der Waals surface area contributed by atoms with Crippen molar-refractivity contribution in [1.82, 2.24) is 9.55 Å². The second-order valence-corrected chi connectivity index (χ2v) is 5.67. The van der Waals surface area contributed by atoms with E-state index in [4.69, 9.17) is 4.74 Å². The van der Waals surface area contributed by atoms with Gasteiger partial charge in [-0.2, -0.15) is 0 Å². The normalized spacial score (nSPS) is 12.2. The molecule has 1 atom stereocenters. The highest BCUT2D eigenvalue weighted by molar-refractivity contribution is 5.86. The number of aromatic nitrogens is 2. The van der Waals surface area contributed by atoms with Crippen molar-refractivity contribution in [3.8, 4) is 0 Å². The highest BCUT2D eigenvalue weighted by atomic mass is 16.6. The fraction of sp³-hybridized carbons (Fsp3) is 0.529. The molecule has 1 aromatic carbocycles. The van der Waals surface area contributed by atoms with Crippen LogP contribution in [0.1, 0.15) is 52.0 Å². The zero-order chi connectivity index (χ0) is 17.5. The van der Waals surface area contributed by atoms with Gasteiger partial charge >= 0.3 is 5.97 Å². The summed E-state index contributed by atoms with van der Waals surface area (Å²) in [4.78, 5) is 27.2. The first-order chi connectivity index (χ1) is 11.6. The Bertz CT molecular complexity index is 711. The Balaban J connectivity index is 2.34. The van der Waals surface area contributed by atoms with Gasteiger partial charge in [0.1, 0.15) is 6.04 Å². The molecule has 0 saturated carbocycles. The van der Waals surface area contributed by atoms with Crippen molar-refractivity contribution in [1.29, 1.82) is 0 Å². The van der Waals surface area contributed by atoms with Crippen LogP contribution in [-0.4, -0.2) is 27.1 Å². The van der Waals surface area contributed by atoms with E-state index in [-0.39, 0.29) is 11.7 Å². The van der Waals surface area contributed by atoms with E-state index < -0.39 is 11.0 Å². The van der Waals surface area contributed by atoms with Gasteiger partial charge in [0.05, 0.1) is 23.4 Å². The Labute approximate surface area is 140 Å². The summed E-state index contributed by atoms with van der Waals surface area (Å²) in [6, 6.07) is 4.26. The Morgan fingerprint density at radius 3 is 2.79 bits per heavy atom. The lowest BCUT2D eigenvalue weighted by Gasteiger charge is -2.17. The van der Waals surface area contributed by atoms with Crippen molar-refractivity contribution in [3.63, 3.8) is 0 Å². The van der Waals surface area contributed by atoms with Crippen LogP contribution in [0.25, 0.3) is 11.0 Å². The summed E-state index contributed by atoms with van der Waals surface area (Å²) in [5, 5.41) is 11.1. The number of nitro benzene ring substituents is 1. The maximum Gasteiger partial charge on any atom is 0.329 e. The van der Waals surface area contributed by atoms with Crippen molar-refractivity contribution in [2.75, 3.05) is 6.61 Å². The van der Waals surface area contributed by atoms with Gasteiger partial charge in [-0.1, -0.05) is 38.7 Å². The summed E-state index contributed by atoms with van der Waals surface area (Å²) in [5.41, 5.74) is 0.822. The van der Waals surface area contributed by atoms with E-state index in [1.165, 1.54) is 12.4 Å². The standard InChI is InChI=1S/C17H23N3O4/c1-3-5-6-7-9-15(17(21)24-4-2)19-12-18-16-13(19)10-8-11-14(16)20(22)23/h8,10-12,15H,3-7,9H2,1-2H3. The van der Waals surface area contributed by atoms with Crippen LogP contribution in [0.5, 0.6) is 0 Å². The molecule has 0 spiro atoms. The number of nitrogens with zero attached hydrogens (tertiary/aromatic N) is 3. The molecule has 2 aromatic rings. The predicted octanol–water partition coefficient (Wildman–Crippen LogP) is 4.02. The number of non-ortho nitro benzene ring substituents is 1. The van der Waals surface area contributed by atoms with Gasteiger partial charge in [0.2, 0.25) is 0 Å². The number of benzene rings is 1. The molecule has 7 nitrogen and oxygen atoms in total. The number of unbranched alkanes of at least 4 members (excludes halogenated alkanes) is 3. The van der Waals surface area contributed by atoms with E-state index in [0.29, 0.717) is 24.1 Å². The monoisotopic (exact) mass is 333 g/mol. The molecule has 24 heavy (non-hydrogen) atoms. The minimum Gasteiger partial charge on any atom is -0.464 e. The third-order valence-electron chi connectivity index (χ3n) is 4.01. The van der Waals surface area contributed by atoms with E-state index >= 15 is 0 Å². The molecule has 130 valence electrons. The van der Waals surface area contributed by atoms with Gasteiger partial charge in [0, 0.05) is 6.07 Å². The molecule has 0 radical (unpaired) electrons. The molecule has 1 aromatic heterocycles. The summed E-state index contributed by atoms with van der Waals surface area (Å²) in [7, 11) is 0. The first kappa shape index (κ1) is 17.9. The molecule has 0 aliphatic rings. The minimum atomic E-state index is -0.506. The summed E-state index contributed by atoms with van der Waals surface area (Å²) < 4.78 is 6.89. The van der Waals surface area contributed by atoms with Crippen LogP contribution in [0.2, 0.25) is 0 Å². The van der Waals surface area contributed by atoms with Crippen LogP contribution in [0.4, 0.5) is 5.69 Å². The van der Waals surface area contributed by atoms with Crippen molar-refractivity contribution in [2.24, 2.45) is 0 Å². The van der Waals surface area contributed by atoms with E-state index in [2.05, 4.69) is 11.9 Å². The molecule has 0 fully saturated rings. The first-order valence-corrected chi connectivity index (χ1v) is 8.36. The molecule has 0 aliphatic carbocycles.